The molecule has 1 aromatic heterocycles. The molecule has 2 aromatic rings. The van der Waals surface area contributed by atoms with E-state index < -0.39 is 0 Å². The summed E-state index contributed by atoms with van der Waals surface area (Å²) in [6, 6.07) is 3.31. The maximum Gasteiger partial charge on any atom is 0.201 e. The second-order valence-electron chi connectivity index (χ2n) is 5.91. The summed E-state index contributed by atoms with van der Waals surface area (Å²) in [6.45, 7) is 3.14. The number of rotatable bonds is 3. The monoisotopic (exact) mass is 402 g/mol. The minimum Gasteiger partial charge on any atom is -0.369 e. The molecule has 114 valence electrons. The zero-order valence-electron chi connectivity index (χ0n) is 12.1. The third-order valence-corrected chi connectivity index (χ3v) is 5.25. The SMILES string of the molecule is CN1CCC(CCn2c(N)nc3cc(I)c(F)cc32)CC1. The number of imidazole rings is 1. The third-order valence-electron chi connectivity index (χ3n) is 4.42. The minimum atomic E-state index is -0.205. The Bertz CT molecular complexity index is 647. The Kier molecular flexibility index (Phi) is 4.35. The molecule has 0 atom stereocenters. The van der Waals surface area contributed by atoms with E-state index in [1.165, 1.54) is 12.8 Å². The molecule has 0 aliphatic carbocycles. The first-order valence-corrected chi connectivity index (χ1v) is 8.42. The Balaban J connectivity index is 1.77. The van der Waals surface area contributed by atoms with Crippen LogP contribution in [-0.2, 0) is 6.54 Å². The number of fused-ring (bicyclic) bond motifs is 1. The van der Waals surface area contributed by atoms with Crippen LogP contribution >= 0.6 is 22.6 Å². The first kappa shape index (κ1) is 15.0. The van der Waals surface area contributed by atoms with E-state index in [4.69, 9.17) is 5.73 Å². The fraction of sp³-hybridized carbons (Fsp3) is 0.533. The summed E-state index contributed by atoms with van der Waals surface area (Å²) in [5.74, 6) is 1.01. The summed E-state index contributed by atoms with van der Waals surface area (Å²) >= 11 is 1.98. The molecular formula is C15H20FIN4. The van der Waals surface area contributed by atoms with Crippen molar-refractivity contribution in [3.63, 3.8) is 0 Å². The first-order chi connectivity index (χ1) is 10.0. The van der Waals surface area contributed by atoms with Gasteiger partial charge in [0.05, 0.1) is 14.6 Å². The lowest BCUT2D eigenvalue weighted by atomic mass is 9.94. The Labute approximate surface area is 137 Å². The number of likely N-dealkylation sites (tertiary alicyclic amines) is 1. The summed E-state index contributed by atoms with van der Waals surface area (Å²) in [5, 5.41) is 0. The van der Waals surface area contributed by atoms with E-state index in [2.05, 4.69) is 16.9 Å². The molecule has 21 heavy (non-hydrogen) atoms. The molecule has 0 spiro atoms. The molecule has 0 amide bonds. The minimum absolute atomic E-state index is 0.205. The van der Waals surface area contributed by atoms with Crippen LogP contribution in [0.25, 0.3) is 11.0 Å². The van der Waals surface area contributed by atoms with Crippen LogP contribution in [0, 0.1) is 15.3 Å². The van der Waals surface area contributed by atoms with Gasteiger partial charge in [-0.05, 0) is 74.0 Å². The fourth-order valence-electron chi connectivity index (χ4n) is 3.04. The second-order valence-corrected chi connectivity index (χ2v) is 7.07. The quantitative estimate of drug-likeness (QED) is 0.803. The highest BCUT2D eigenvalue weighted by molar-refractivity contribution is 14.1. The van der Waals surface area contributed by atoms with E-state index in [9.17, 15) is 4.39 Å². The molecule has 0 saturated carbocycles. The van der Waals surface area contributed by atoms with Gasteiger partial charge in [-0.15, -0.1) is 0 Å². The number of nitrogen functional groups attached to an aromatic ring is 1. The van der Waals surface area contributed by atoms with Crippen LogP contribution in [0.3, 0.4) is 0 Å². The van der Waals surface area contributed by atoms with Crippen LogP contribution in [0.5, 0.6) is 0 Å². The van der Waals surface area contributed by atoms with Crippen LogP contribution in [-0.4, -0.2) is 34.6 Å². The maximum atomic E-state index is 13.8. The van der Waals surface area contributed by atoms with Crippen molar-refractivity contribution in [2.45, 2.75) is 25.8 Å². The van der Waals surface area contributed by atoms with Gasteiger partial charge >= 0.3 is 0 Å². The lowest BCUT2D eigenvalue weighted by Crippen LogP contribution is -2.30. The third kappa shape index (κ3) is 3.15. The summed E-state index contributed by atoms with van der Waals surface area (Å²) in [7, 11) is 2.17. The second kappa shape index (κ2) is 6.08. The normalized spacial score (nSPS) is 17.7. The summed E-state index contributed by atoms with van der Waals surface area (Å²) in [6.07, 6.45) is 3.54. The highest BCUT2D eigenvalue weighted by Gasteiger charge is 2.18. The average Bonchev–Trinajstić information content (AvgIpc) is 2.74. The van der Waals surface area contributed by atoms with E-state index in [1.54, 1.807) is 12.1 Å². The van der Waals surface area contributed by atoms with Crippen LogP contribution in [0.4, 0.5) is 10.3 Å². The molecule has 4 nitrogen and oxygen atoms in total. The van der Waals surface area contributed by atoms with Crippen molar-refractivity contribution < 1.29 is 4.39 Å². The van der Waals surface area contributed by atoms with Crippen LogP contribution in [0.2, 0.25) is 0 Å². The van der Waals surface area contributed by atoms with Crippen LogP contribution in [0.15, 0.2) is 12.1 Å². The van der Waals surface area contributed by atoms with Crippen molar-refractivity contribution >= 4 is 39.6 Å². The van der Waals surface area contributed by atoms with Gasteiger partial charge in [0.1, 0.15) is 5.82 Å². The van der Waals surface area contributed by atoms with Gasteiger partial charge in [0, 0.05) is 12.6 Å². The Morgan fingerprint density at radius 1 is 1.38 bits per heavy atom. The van der Waals surface area contributed by atoms with Crippen LogP contribution in [0.1, 0.15) is 19.3 Å². The van der Waals surface area contributed by atoms with E-state index in [0.29, 0.717) is 9.52 Å². The summed E-state index contributed by atoms with van der Waals surface area (Å²) in [4.78, 5) is 6.72. The van der Waals surface area contributed by atoms with Gasteiger partial charge in [0.15, 0.2) is 0 Å². The van der Waals surface area contributed by atoms with Crippen molar-refractivity contribution in [1.82, 2.24) is 14.5 Å². The maximum absolute atomic E-state index is 13.8. The Morgan fingerprint density at radius 3 is 2.81 bits per heavy atom. The molecule has 1 aliphatic heterocycles. The number of hydrogen-bond donors (Lipinski definition) is 1. The summed E-state index contributed by atoms with van der Waals surface area (Å²) < 4.78 is 16.3. The number of aromatic nitrogens is 2. The lowest BCUT2D eigenvalue weighted by molar-refractivity contribution is 0.208. The smallest absolute Gasteiger partial charge is 0.201 e. The van der Waals surface area contributed by atoms with Gasteiger partial charge in [-0.25, -0.2) is 9.37 Å². The van der Waals surface area contributed by atoms with Crippen molar-refractivity contribution in [2.24, 2.45) is 5.92 Å². The number of benzene rings is 1. The Hall–Kier alpha value is -0.890. The fourth-order valence-corrected chi connectivity index (χ4v) is 3.49. The molecule has 1 fully saturated rings. The predicted octanol–water partition coefficient (Wildman–Crippen LogP) is 3.09. The zero-order valence-corrected chi connectivity index (χ0v) is 14.3. The van der Waals surface area contributed by atoms with Gasteiger partial charge in [-0.3, -0.25) is 0 Å². The molecular weight excluding hydrogens is 382 g/mol. The average molecular weight is 402 g/mol. The highest BCUT2D eigenvalue weighted by atomic mass is 127. The zero-order chi connectivity index (χ0) is 15.0. The topological polar surface area (TPSA) is 47.1 Å². The van der Waals surface area contributed by atoms with E-state index in [0.717, 1.165) is 43.0 Å². The van der Waals surface area contributed by atoms with Gasteiger partial charge < -0.3 is 15.2 Å². The predicted molar refractivity (Wildman–Crippen MR) is 91.7 cm³/mol. The molecule has 0 radical (unpaired) electrons. The molecule has 3 rings (SSSR count). The van der Waals surface area contributed by atoms with Crippen molar-refractivity contribution in [3.05, 3.63) is 21.5 Å². The van der Waals surface area contributed by atoms with Crippen molar-refractivity contribution in [1.29, 1.82) is 0 Å². The van der Waals surface area contributed by atoms with Gasteiger partial charge in [0.2, 0.25) is 5.95 Å². The molecule has 1 saturated heterocycles. The largest absolute Gasteiger partial charge is 0.369 e. The van der Waals surface area contributed by atoms with Crippen molar-refractivity contribution in [3.8, 4) is 0 Å². The van der Waals surface area contributed by atoms with E-state index in [-0.39, 0.29) is 5.82 Å². The molecule has 1 aliphatic rings. The van der Waals surface area contributed by atoms with Gasteiger partial charge in [0.25, 0.3) is 0 Å². The Morgan fingerprint density at radius 2 is 2.10 bits per heavy atom. The molecule has 2 heterocycles. The number of aryl methyl sites for hydroxylation is 1. The molecule has 6 heteroatoms. The first-order valence-electron chi connectivity index (χ1n) is 7.34. The number of halogens is 2. The number of piperidine rings is 1. The molecule has 1 aromatic carbocycles. The standard InChI is InChI=1S/C15H20FIN4/c1-20-5-2-10(3-6-20)4-7-21-14-8-11(16)12(17)9-13(14)19-15(21)18/h8-10H,2-7H2,1H3,(H2,18,19). The molecule has 0 unspecified atom stereocenters. The number of anilines is 1. The summed E-state index contributed by atoms with van der Waals surface area (Å²) in [5.41, 5.74) is 7.59. The van der Waals surface area contributed by atoms with Crippen LogP contribution < -0.4 is 5.73 Å². The van der Waals surface area contributed by atoms with Gasteiger partial charge in [-0.1, -0.05) is 0 Å². The number of hydrogen-bond acceptors (Lipinski definition) is 3. The van der Waals surface area contributed by atoms with Gasteiger partial charge in [-0.2, -0.15) is 0 Å². The molecule has 0 bridgehead atoms. The highest BCUT2D eigenvalue weighted by Crippen LogP contribution is 2.25. The van der Waals surface area contributed by atoms with E-state index in [1.807, 2.05) is 27.2 Å². The lowest BCUT2D eigenvalue weighted by Gasteiger charge is -2.29. The van der Waals surface area contributed by atoms with Crippen molar-refractivity contribution in [2.75, 3.05) is 25.9 Å². The molecule has 2 N–H and O–H groups in total. The van der Waals surface area contributed by atoms with E-state index >= 15 is 0 Å². The number of nitrogens with zero attached hydrogens (tertiary/aromatic N) is 3. The number of nitrogens with two attached hydrogens (primary N) is 1.